The van der Waals surface area contributed by atoms with Gasteiger partial charge in [-0.1, -0.05) is 6.07 Å². The molecule has 0 saturated carbocycles. The zero-order chi connectivity index (χ0) is 26.3. The van der Waals surface area contributed by atoms with Crippen molar-refractivity contribution in [3.8, 4) is 11.5 Å². The van der Waals surface area contributed by atoms with Crippen LogP contribution in [0.25, 0.3) is 0 Å². The Bertz CT molecular complexity index is 1360. The third-order valence-electron chi connectivity index (χ3n) is 6.15. The molecule has 11 heteroatoms. The largest absolute Gasteiger partial charge is 0.504 e. The molecule has 1 aliphatic rings. The average molecular weight is 503 g/mol. The van der Waals surface area contributed by atoms with Gasteiger partial charge in [0.15, 0.2) is 11.5 Å². The maximum atomic E-state index is 14.5. The average Bonchev–Trinajstić information content (AvgIpc) is 2.82. The minimum absolute atomic E-state index is 0.0558. The Morgan fingerprint density at radius 1 is 0.972 bits per heavy atom. The number of halogens is 4. The minimum Gasteiger partial charge on any atom is -0.504 e. The van der Waals surface area contributed by atoms with E-state index >= 15 is 0 Å². The first-order chi connectivity index (χ1) is 17.0. The molecular weight excluding hydrogens is 482 g/mol. The van der Waals surface area contributed by atoms with Gasteiger partial charge in [-0.2, -0.15) is 0 Å². The van der Waals surface area contributed by atoms with E-state index in [4.69, 9.17) is 0 Å². The molecule has 1 heterocycles. The number of urea groups is 1. The van der Waals surface area contributed by atoms with Crippen LogP contribution in [0, 0.1) is 23.3 Å². The quantitative estimate of drug-likeness (QED) is 0.347. The van der Waals surface area contributed by atoms with Gasteiger partial charge in [0.1, 0.15) is 23.3 Å². The van der Waals surface area contributed by atoms with Crippen molar-refractivity contribution < 1.29 is 37.4 Å². The highest BCUT2D eigenvalue weighted by molar-refractivity contribution is 5.99. The molecule has 3 aromatic rings. The van der Waals surface area contributed by atoms with Crippen molar-refractivity contribution in [1.82, 2.24) is 10.2 Å². The van der Waals surface area contributed by atoms with Crippen LogP contribution < -0.4 is 10.2 Å². The van der Waals surface area contributed by atoms with Crippen molar-refractivity contribution in [2.24, 2.45) is 0 Å². The van der Waals surface area contributed by atoms with Crippen molar-refractivity contribution in [2.45, 2.75) is 26.1 Å². The molecule has 4 rings (SSSR count). The number of phenolic OH excluding ortho intramolecular Hbond substituents is 2. The fourth-order valence-electron chi connectivity index (χ4n) is 3.99. The van der Waals surface area contributed by atoms with Crippen molar-refractivity contribution in [2.75, 3.05) is 11.9 Å². The van der Waals surface area contributed by atoms with Gasteiger partial charge in [0.25, 0.3) is 5.91 Å². The van der Waals surface area contributed by atoms with Crippen LogP contribution in [0.15, 0.2) is 42.5 Å². The summed E-state index contributed by atoms with van der Waals surface area (Å²) in [6.45, 7) is 0.897. The van der Waals surface area contributed by atoms with E-state index < -0.39 is 58.8 Å². The first-order valence-electron chi connectivity index (χ1n) is 10.8. The van der Waals surface area contributed by atoms with Gasteiger partial charge in [-0.15, -0.1) is 0 Å². The second-order valence-corrected chi connectivity index (χ2v) is 8.39. The van der Waals surface area contributed by atoms with E-state index in [0.29, 0.717) is 23.4 Å². The predicted octanol–water partition coefficient (Wildman–Crippen LogP) is 4.72. The summed E-state index contributed by atoms with van der Waals surface area (Å²) in [4.78, 5) is 28.4. The van der Waals surface area contributed by atoms with Crippen molar-refractivity contribution >= 4 is 17.6 Å². The van der Waals surface area contributed by atoms with Gasteiger partial charge in [0, 0.05) is 48.5 Å². The minimum atomic E-state index is -1.15. The highest BCUT2D eigenvalue weighted by Gasteiger charge is 2.34. The fraction of sp³-hybridized carbons (Fsp3) is 0.200. The van der Waals surface area contributed by atoms with Gasteiger partial charge in [-0.25, -0.2) is 22.4 Å². The molecule has 0 saturated heterocycles. The number of rotatable bonds is 5. The molecule has 0 fully saturated rings. The second-order valence-electron chi connectivity index (χ2n) is 8.39. The highest BCUT2D eigenvalue weighted by atomic mass is 19.1. The van der Waals surface area contributed by atoms with Crippen molar-refractivity contribution in [1.29, 1.82) is 0 Å². The Morgan fingerprint density at radius 3 is 2.28 bits per heavy atom. The number of nitrogens with zero attached hydrogens (tertiary/aromatic N) is 2. The van der Waals surface area contributed by atoms with E-state index in [1.54, 1.807) is 20.0 Å². The molecule has 188 valence electrons. The summed E-state index contributed by atoms with van der Waals surface area (Å²) in [7, 11) is 1.56. The lowest BCUT2D eigenvalue weighted by molar-refractivity contribution is 0.0950. The third-order valence-corrected chi connectivity index (χ3v) is 6.15. The normalized spacial score (nSPS) is 15.2. The number of benzene rings is 3. The summed E-state index contributed by atoms with van der Waals surface area (Å²) in [6, 6.07) is 6.31. The molecule has 1 aliphatic heterocycles. The molecule has 1 atom stereocenters. The predicted molar refractivity (Wildman–Crippen MR) is 121 cm³/mol. The number of hydrogen-bond acceptors (Lipinski definition) is 4. The second kappa shape index (κ2) is 9.40. The topological polar surface area (TPSA) is 93.1 Å². The monoisotopic (exact) mass is 503 g/mol. The van der Waals surface area contributed by atoms with Crippen LogP contribution in [0.2, 0.25) is 0 Å². The summed E-state index contributed by atoms with van der Waals surface area (Å²) < 4.78 is 55.4. The Balaban J connectivity index is 1.65. The Labute approximate surface area is 203 Å². The van der Waals surface area contributed by atoms with Gasteiger partial charge in [0.2, 0.25) is 0 Å². The molecule has 3 N–H and O–H groups in total. The first-order valence-corrected chi connectivity index (χ1v) is 10.8. The lowest BCUT2D eigenvalue weighted by Crippen LogP contribution is -2.46. The van der Waals surface area contributed by atoms with Crippen LogP contribution in [-0.2, 0) is 13.1 Å². The molecule has 3 aromatic carbocycles. The molecule has 1 unspecified atom stereocenters. The van der Waals surface area contributed by atoms with E-state index in [9.17, 15) is 37.4 Å². The number of anilines is 1. The van der Waals surface area contributed by atoms with E-state index in [2.05, 4.69) is 5.32 Å². The van der Waals surface area contributed by atoms with Gasteiger partial charge in [-0.3, -0.25) is 9.69 Å². The molecule has 0 spiro atoms. The smallest absolute Gasteiger partial charge is 0.325 e. The van der Waals surface area contributed by atoms with Gasteiger partial charge < -0.3 is 20.4 Å². The van der Waals surface area contributed by atoms with E-state index in [1.807, 2.05) is 0 Å². The van der Waals surface area contributed by atoms with Crippen LogP contribution in [0.3, 0.4) is 0 Å². The molecule has 0 bridgehead atoms. The highest BCUT2D eigenvalue weighted by Crippen LogP contribution is 2.38. The van der Waals surface area contributed by atoms with E-state index in [0.717, 1.165) is 12.1 Å². The Kier molecular flexibility index (Phi) is 6.49. The Hall–Kier alpha value is -4.28. The van der Waals surface area contributed by atoms with Gasteiger partial charge >= 0.3 is 6.03 Å². The maximum Gasteiger partial charge on any atom is 0.325 e. The SMILES string of the molecule is CC1c2ccc(C(=O)NCc3c(F)cc(F)cc3F)cc2N(Cc2cc(O)c(O)cc2F)C(=O)N1C. The van der Waals surface area contributed by atoms with Crippen LogP contribution >= 0.6 is 0 Å². The molecule has 0 radical (unpaired) electrons. The first kappa shape index (κ1) is 24.8. The molecule has 0 aliphatic carbocycles. The number of phenols is 2. The summed E-state index contributed by atoms with van der Waals surface area (Å²) in [5.74, 6) is -6.16. The number of carbonyl (C=O) groups is 2. The number of nitrogens with one attached hydrogen (secondary N) is 1. The standard InChI is InChI=1S/C25H21F4N3O4/c1-12-16-4-3-13(24(35)30-10-17-19(28)7-15(26)8-20(17)29)5-21(16)32(25(36)31(12)2)11-14-6-22(33)23(34)9-18(14)27/h3-9,12,33-34H,10-11H2,1-2H3,(H,30,35). The number of fused-ring (bicyclic) bond motifs is 1. The summed E-state index contributed by atoms with van der Waals surface area (Å²) in [5.41, 5.74) is 0.402. The molecular formula is C25H21F4N3O4. The molecule has 3 amide bonds. The van der Waals surface area contributed by atoms with E-state index in [-0.39, 0.29) is 23.7 Å². The Morgan fingerprint density at radius 2 is 1.61 bits per heavy atom. The number of aromatic hydroxyl groups is 2. The van der Waals surface area contributed by atoms with Crippen LogP contribution in [0.1, 0.15) is 40.0 Å². The lowest BCUT2D eigenvalue weighted by atomic mass is 9.98. The van der Waals surface area contributed by atoms with Crippen LogP contribution in [-0.4, -0.2) is 34.1 Å². The summed E-state index contributed by atoms with van der Waals surface area (Å²) in [5, 5.41) is 21.6. The fourth-order valence-corrected chi connectivity index (χ4v) is 3.99. The summed E-state index contributed by atoms with van der Waals surface area (Å²) in [6.07, 6.45) is 0. The van der Waals surface area contributed by atoms with Crippen molar-refractivity contribution in [3.05, 3.63) is 88.0 Å². The zero-order valence-electron chi connectivity index (χ0n) is 19.2. The summed E-state index contributed by atoms with van der Waals surface area (Å²) >= 11 is 0. The third kappa shape index (κ3) is 4.51. The van der Waals surface area contributed by atoms with Crippen LogP contribution in [0.5, 0.6) is 11.5 Å². The number of amides is 3. The zero-order valence-corrected chi connectivity index (χ0v) is 19.2. The molecule has 36 heavy (non-hydrogen) atoms. The number of hydrogen-bond donors (Lipinski definition) is 3. The molecule has 0 aromatic heterocycles. The lowest BCUT2D eigenvalue weighted by Gasteiger charge is -2.39. The number of carbonyl (C=O) groups excluding carboxylic acids is 2. The maximum absolute atomic E-state index is 14.5. The van der Waals surface area contributed by atoms with Crippen molar-refractivity contribution in [3.63, 3.8) is 0 Å². The van der Waals surface area contributed by atoms with E-state index in [1.165, 1.54) is 21.9 Å². The van der Waals surface area contributed by atoms with Gasteiger partial charge in [-0.05, 0) is 30.7 Å². The molecule has 7 nitrogen and oxygen atoms in total. The van der Waals surface area contributed by atoms with Crippen LogP contribution in [0.4, 0.5) is 28.0 Å². The van der Waals surface area contributed by atoms with Gasteiger partial charge in [0.05, 0.1) is 18.3 Å².